The second-order valence-corrected chi connectivity index (χ2v) is 7.95. The van der Waals surface area contributed by atoms with Gasteiger partial charge in [-0.25, -0.2) is 0 Å². The fourth-order valence-electron chi connectivity index (χ4n) is 4.58. The number of ether oxygens (including phenoxy) is 1. The Labute approximate surface area is 165 Å². The molecule has 1 N–H and O–H groups in total. The van der Waals surface area contributed by atoms with Crippen molar-refractivity contribution >= 4 is 17.7 Å². The molecular formula is C21H27N3O4. The van der Waals surface area contributed by atoms with Gasteiger partial charge in [0.15, 0.2) is 0 Å². The summed E-state index contributed by atoms with van der Waals surface area (Å²) in [6.45, 7) is 3.52. The van der Waals surface area contributed by atoms with Crippen LogP contribution in [0.2, 0.25) is 0 Å². The molecule has 1 saturated carbocycles. The highest BCUT2D eigenvalue weighted by Gasteiger charge is 2.39. The zero-order valence-electron chi connectivity index (χ0n) is 16.4. The lowest BCUT2D eigenvalue weighted by Crippen LogP contribution is -2.52. The second kappa shape index (κ2) is 7.54. The molecule has 1 aromatic rings. The van der Waals surface area contributed by atoms with Gasteiger partial charge in [0.05, 0.1) is 0 Å². The molecule has 7 nitrogen and oxygen atoms in total. The van der Waals surface area contributed by atoms with Crippen molar-refractivity contribution in [3.8, 4) is 5.75 Å². The molecular weight excluding hydrogens is 358 g/mol. The van der Waals surface area contributed by atoms with Gasteiger partial charge in [-0.1, -0.05) is 6.92 Å². The number of piperidine rings is 1. The number of nitrogens with zero attached hydrogens (tertiary/aromatic N) is 2. The third-order valence-electron chi connectivity index (χ3n) is 6.27. The van der Waals surface area contributed by atoms with E-state index in [9.17, 15) is 14.4 Å². The monoisotopic (exact) mass is 385 g/mol. The molecule has 1 unspecified atom stereocenters. The standard InChI is InChI=1S/C21H27N3O4/c1-3-23(2)16-5-4-6-18(16)28-14-7-8-15-13(11-14)12-24(21(15)27)17-9-10-19(25)22-20(17)26/h7-8,11,16-18H,3-6,9-10,12H2,1-2H3,(H,22,25,26)/t16-,17?,18-/m0/s1. The summed E-state index contributed by atoms with van der Waals surface area (Å²) in [5.74, 6) is -0.0341. The molecule has 3 amide bonds. The maximum Gasteiger partial charge on any atom is 0.255 e. The number of nitrogens with one attached hydrogen (secondary N) is 1. The molecule has 0 aromatic heterocycles. The Hall–Kier alpha value is -2.41. The van der Waals surface area contributed by atoms with Crippen LogP contribution in [0.3, 0.4) is 0 Å². The van der Waals surface area contributed by atoms with Crippen LogP contribution in [-0.2, 0) is 16.1 Å². The van der Waals surface area contributed by atoms with Crippen LogP contribution in [0.25, 0.3) is 0 Å². The Morgan fingerprint density at radius 3 is 2.79 bits per heavy atom. The average Bonchev–Trinajstić information content (AvgIpc) is 3.26. The van der Waals surface area contributed by atoms with E-state index in [0.29, 0.717) is 24.6 Å². The van der Waals surface area contributed by atoms with Crippen molar-refractivity contribution < 1.29 is 19.1 Å². The summed E-state index contributed by atoms with van der Waals surface area (Å²) in [4.78, 5) is 40.2. The molecule has 4 rings (SSSR count). The molecule has 0 bridgehead atoms. The number of benzene rings is 1. The van der Waals surface area contributed by atoms with Crippen molar-refractivity contribution in [3.63, 3.8) is 0 Å². The molecule has 150 valence electrons. The second-order valence-electron chi connectivity index (χ2n) is 7.95. The van der Waals surface area contributed by atoms with Gasteiger partial charge in [0, 0.05) is 24.6 Å². The summed E-state index contributed by atoms with van der Waals surface area (Å²) in [5, 5.41) is 2.33. The minimum absolute atomic E-state index is 0.152. The van der Waals surface area contributed by atoms with E-state index in [1.807, 2.05) is 12.1 Å². The molecule has 7 heteroatoms. The number of carbonyl (C=O) groups excluding carboxylic acids is 3. The van der Waals surface area contributed by atoms with E-state index < -0.39 is 6.04 Å². The predicted octanol–water partition coefficient (Wildman–Crippen LogP) is 1.70. The van der Waals surface area contributed by atoms with Crippen molar-refractivity contribution in [1.29, 1.82) is 0 Å². The maximum atomic E-state index is 12.8. The Kier molecular flexibility index (Phi) is 5.10. The predicted molar refractivity (Wildman–Crippen MR) is 103 cm³/mol. The van der Waals surface area contributed by atoms with Crippen LogP contribution in [0.5, 0.6) is 5.75 Å². The average molecular weight is 385 g/mol. The number of hydrogen-bond donors (Lipinski definition) is 1. The van der Waals surface area contributed by atoms with Crippen molar-refractivity contribution in [2.45, 2.75) is 63.8 Å². The van der Waals surface area contributed by atoms with Crippen LogP contribution in [0.1, 0.15) is 54.9 Å². The summed E-state index contributed by atoms with van der Waals surface area (Å²) in [7, 11) is 2.13. The van der Waals surface area contributed by atoms with Gasteiger partial charge in [0.2, 0.25) is 11.8 Å². The Bertz CT molecular complexity index is 809. The highest BCUT2D eigenvalue weighted by molar-refractivity contribution is 6.05. The van der Waals surface area contributed by atoms with Crippen molar-refractivity contribution in [2.75, 3.05) is 13.6 Å². The van der Waals surface area contributed by atoms with Crippen LogP contribution in [0.15, 0.2) is 18.2 Å². The van der Waals surface area contributed by atoms with E-state index in [2.05, 4.69) is 24.2 Å². The smallest absolute Gasteiger partial charge is 0.255 e. The molecule has 2 fully saturated rings. The molecule has 1 saturated heterocycles. The van der Waals surface area contributed by atoms with Crippen LogP contribution in [0.4, 0.5) is 0 Å². The van der Waals surface area contributed by atoms with Gasteiger partial charge in [-0.2, -0.15) is 0 Å². The van der Waals surface area contributed by atoms with Gasteiger partial charge < -0.3 is 14.5 Å². The number of rotatable bonds is 5. The zero-order valence-corrected chi connectivity index (χ0v) is 16.4. The SMILES string of the molecule is CCN(C)[C@H]1CCC[C@@H]1Oc1ccc2c(c1)CN(C1CCC(=O)NC1=O)C2=O. The molecule has 28 heavy (non-hydrogen) atoms. The van der Waals surface area contributed by atoms with E-state index in [-0.39, 0.29) is 30.2 Å². The lowest BCUT2D eigenvalue weighted by Gasteiger charge is -2.29. The zero-order chi connectivity index (χ0) is 19.8. The van der Waals surface area contributed by atoms with Crippen LogP contribution < -0.4 is 10.1 Å². The minimum Gasteiger partial charge on any atom is -0.489 e. The normalized spacial score (nSPS) is 27.3. The topological polar surface area (TPSA) is 79.0 Å². The fourth-order valence-corrected chi connectivity index (χ4v) is 4.58. The van der Waals surface area contributed by atoms with Crippen molar-refractivity contribution in [3.05, 3.63) is 29.3 Å². The quantitative estimate of drug-likeness (QED) is 0.781. The number of imide groups is 1. The number of likely N-dealkylation sites (N-methyl/N-ethyl adjacent to an activating group) is 1. The first-order chi connectivity index (χ1) is 13.5. The maximum absolute atomic E-state index is 12.8. The van der Waals surface area contributed by atoms with Gasteiger partial charge in [0.1, 0.15) is 17.9 Å². The third kappa shape index (κ3) is 3.39. The summed E-state index contributed by atoms with van der Waals surface area (Å²) < 4.78 is 6.29. The molecule has 0 radical (unpaired) electrons. The van der Waals surface area contributed by atoms with Crippen LogP contribution >= 0.6 is 0 Å². The summed E-state index contributed by atoms with van der Waals surface area (Å²) in [5.41, 5.74) is 1.50. The van der Waals surface area contributed by atoms with E-state index in [1.165, 1.54) is 0 Å². The largest absolute Gasteiger partial charge is 0.489 e. The first-order valence-corrected chi connectivity index (χ1v) is 10.1. The highest BCUT2D eigenvalue weighted by atomic mass is 16.5. The number of hydrogen-bond acceptors (Lipinski definition) is 5. The molecule has 0 spiro atoms. The molecule has 1 aliphatic carbocycles. The van der Waals surface area contributed by atoms with Crippen molar-refractivity contribution in [2.24, 2.45) is 0 Å². The third-order valence-corrected chi connectivity index (χ3v) is 6.27. The highest BCUT2D eigenvalue weighted by Crippen LogP contribution is 2.32. The molecule has 2 aliphatic heterocycles. The van der Waals surface area contributed by atoms with Gasteiger partial charge in [-0.15, -0.1) is 0 Å². The number of amides is 3. The van der Waals surface area contributed by atoms with E-state index >= 15 is 0 Å². The van der Waals surface area contributed by atoms with Crippen molar-refractivity contribution in [1.82, 2.24) is 15.1 Å². The number of carbonyl (C=O) groups is 3. The lowest BCUT2D eigenvalue weighted by molar-refractivity contribution is -0.136. The minimum atomic E-state index is -0.584. The Balaban J connectivity index is 1.48. The molecule has 1 aromatic carbocycles. The summed E-state index contributed by atoms with van der Waals surface area (Å²) in [6.07, 6.45) is 4.13. The Morgan fingerprint density at radius 1 is 1.21 bits per heavy atom. The van der Waals surface area contributed by atoms with E-state index in [4.69, 9.17) is 4.74 Å². The first kappa shape index (κ1) is 18.9. The van der Waals surface area contributed by atoms with Gasteiger partial charge >= 0.3 is 0 Å². The van der Waals surface area contributed by atoms with E-state index in [1.54, 1.807) is 11.0 Å². The molecule has 3 aliphatic rings. The molecule has 2 heterocycles. The van der Waals surface area contributed by atoms with Crippen LogP contribution in [-0.4, -0.2) is 59.3 Å². The Morgan fingerprint density at radius 2 is 2.04 bits per heavy atom. The molecule has 3 atom stereocenters. The van der Waals surface area contributed by atoms with E-state index in [0.717, 1.165) is 37.1 Å². The fraction of sp³-hybridized carbons (Fsp3) is 0.571. The first-order valence-electron chi connectivity index (χ1n) is 10.1. The van der Waals surface area contributed by atoms with Crippen LogP contribution in [0, 0.1) is 0 Å². The van der Waals surface area contributed by atoms with Gasteiger partial charge in [-0.05, 0) is 63.0 Å². The van der Waals surface area contributed by atoms with Gasteiger partial charge in [0.25, 0.3) is 5.91 Å². The summed E-state index contributed by atoms with van der Waals surface area (Å²) in [6, 6.07) is 5.41. The number of fused-ring (bicyclic) bond motifs is 1. The lowest BCUT2D eigenvalue weighted by atomic mass is 10.0. The summed E-state index contributed by atoms with van der Waals surface area (Å²) >= 11 is 0. The van der Waals surface area contributed by atoms with Gasteiger partial charge in [-0.3, -0.25) is 19.7 Å².